The Morgan fingerprint density at radius 1 is 1.12 bits per heavy atom. The number of thioether (sulfide) groups is 1. The van der Waals surface area contributed by atoms with Gasteiger partial charge in [-0.15, -0.1) is 10.2 Å². The number of aromatic nitrogens is 2. The van der Waals surface area contributed by atoms with Gasteiger partial charge in [-0.25, -0.2) is 0 Å². The molecule has 0 aliphatic rings. The van der Waals surface area contributed by atoms with Gasteiger partial charge < -0.3 is 9.15 Å². The molecule has 3 aromatic rings. The smallest absolute Gasteiger partial charge is 0.277 e. The fourth-order valence-corrected chi connectivity index (χ4v) is 3.28. The number of rotatable bonds is 6. The summed E-state index contributed by atoms with van der Waals surface area (Å²) in [5.74, 6) is 1.23. The van der Waals surface area contributed by atoms with Crippen molar-refractivity contribution in [2.24, 2.45) is 0 Å². The van der Waals surface area contributed by atoms with Crippen LogP contribution in [-0.2, 0) is 0 Å². The second kappa shape index (κ2) is 7.74. The quantitative estimate of drug-likeness (QED) is 0.463. The summed E-state index contributed by atoms with van der Waals surface area (Å²) >= 11 is 1.27. The average molecular weight is 368 g/mol. The van der Waals surface area contributed by atoms with Gasteiger partial charge in [0.15, 0.2) is 5.78 Å². The molecule has 1 heterocycles. The van der Waals surface area contributed by atoms with E-state index in [0.29, 0.717) is 11.1 Å². The van der Waals surface area contributed by atoms with Crippen molar-refractivity contribution in [3.05, 3.63) is 59.2 Å². The molecule has 3 rings (SSSR count). The van der Waals surface area contributed by atoms with Gasteiger partial charge in [0.2, 0.25) is 5.89 Å². The molecule has 1 aromatic heterocycles. The number of nitrogens with zero attached hydrogens (tertiary/aromatic N) is 2. The summed E-state index contributed by atoms with van der Waals surface area (Å²) in [5, 5.41) is 8.18. The van der Waals surface area contributed by atoms with Gasteiger partial charge in [0.1, 0.15) is 5.75 Å². The highest BCUT2D eigenvalue weighted by molar-refractivity contribution is 8.00. The molecule has 0 saturated heterocycles. The number of aryl methyl sites for hydroxylation is 2. The Labute approximate surface area is 156 Å². The van der Waals surface area contributed by atoms with Gasteiger partial charge in [0, 0.05) is 11.1 Å². The number of hydrogen-bond acceptors (Lipinski definition) is 6. The molecular weight excluding hydrogens is 348 g/mol. The number of benzene rings is 2. The lowest BCUT2D eigenvalue weighted by atomic mass is 10.0. The summed E-state index contributed by atoms with van der Waals surface area (Å²) in [6.07, 6.45) is 0. The van der Waals surface area contributed by atoms with Crippen molar-refractivity contribution in [2.75, 3.05) is 7.11 Å². The molecule has 0 radical (unpaired) electrons. The largest absolute Gasteiger partial charge is 0.497 e. The summed E-state index contributed by atoms with van der Waals surface area (Å²) in [4.78, 5) is 12.7. The van der Waals surface area contributed by atoms with E-state index in [4.69, 9.17) is 9.15 Å². The van der Waals surface area contributed by atoms with Gasteiger partial charge in [-0.3, -0.25) is 4.79 Å². The zero-order valence-electron chi connectivity index (χ0n) is 15.1. The minimum atomic E-state index is -0.320. The number of carbonyl (C=O) groups is 1. The van der Waals surface area contributed by atoms with Crippen molar-refractivity contribution in [2.45, 2.75) is 31.2 Å². The van der Waals surface area contributed by atoms with E-state index in [2.05, 4.69) is 10.2 Å². The van der Waals surface area contributed by atoms with Crippen LogP contribution in [0.4, 0.5) is 0 Å². The van der Waals surface area contributed by atoms with Crippen LogP contribution >= 0.6 is 11.8 Å². The Morgan fingerprint density at radius 3 is 2.54 bits per heavy atom. The second-order valence-electron chi connectivity index (χ2n) is 6.04. The molecule has 5 nitrogen and oxygen atoms in total. The van der Waals surface area contributed by atoms with E-state index in [9.17, 15) is 4.79 Å². The van der Waals surface area contributed by atoms with E-state index in [1.807, 2.05) is 63.2 Å². The summed E-state index contributed by atoms with van der Waals surface area (Å²) in [6.45, 7) is 5.78. The highest BCUT2D eigenvalue weighted by Gasteiger charge is 2.21. The lowest BCUT2D eigenvalue weighted by molar-refractivity contribution is 0.0993. The van der Waals surface area contributed by atoms with Crippen LogP contribution in [0.15, 0.2) is 52.1 Å². The van der Waals surface area contributed by atoms with E-state index in [1.54, 1.807) is 7.11 Å². The zero-order chi connectivity index (χ0) is 18.7. The third-order valence-corrected chi connectivity index (χ3v) is 4.98. The van der Waals surface area contributed by atoms with E-state index in [0.717, 1.165) is 28.0 Å². The molecule has 26 heavy (non-hydrogen) atoms. The molecule has 0 bridgehead atoms. The van der Waals surface area contributed by atoms with Gasteiger partial charge in [-0.1, -0.05) is 29.5 Å². The first kappa shape index (κ1) is 18.2. The van der Waals surface area contributed by atoms with Crippen molar-refractivity contribution >= 4 is 17.5 Å². The van der Waals surface area contributed by atoms with Crippen LogP contribution in [0.2, 0.25) is 0 Å². The SMILES string of the molecule is COc1ccc(-c2nnc(S[C@H](C)C(=O)c3cc(C)ccc3C)o2)cc1. The molecule has 0 spiro atoms. The molecule has 0 fully saturated rings. The molecule has 1 atom stereocenters. The normalized spacial score (nSPS) is 12.0. The summed E-state index contributed by atoms with van der Waals surface area (Å²) < 4.78 is 10.8. The highest BCUT2D eigenvalue weighted by atomic mass is 32.2. The lowest BCUT2D eigenvalue weighted by Gasteiger charge is -2.10. The van der Waals surface area contributed by atoms with Crippen molar-refractivity contribution < 1.29 is 13.9 Å². The van der Waals surface area contributed by atoms with Crippen LogP contribution in [0.5, 0.6) is 5.75 Å². The Balaban J connectivity index is 1.73. The first-order valence-corrected chi connectivity index (χ1v) is 9.12. The van der Waals surface area contributed by atoms with E-state index >= 15 is 0 Å². The van der Waals surface area contributed by atoms with Crippen LogP contribution in [0.3, 0.4) is 0 Å². The predicted octanol–water partition coefficient (Wildman–Crippen LogP) is 4.73. The molecule has 0 aliphatic heterocycles. The fourth-order valence-electron chi connectivity index (χ4n) is 2.53. The maximum absolute atomic E-state index is 12.7. The fraction of sp³-hybridized carbons (Fsp3) is 0.250. The molecule has 0 N–H and O–H groups in total. The van der Waals surface area contributed by atoms with E-state index in [-0.39, 0.29) is 11.0 Å². The molecule has 6 heteroatoms. The third kappa shape index (κ3) is 3.96. The molecule has 0 saturated carbocycles. The van der Waals surface area contributed by atoms with Crippen LogP contribution in [0, 0.1) is 13.8 Å². The number of Topliss-reactive ketones (excluding diaryl/α,β-unsaturated/α-hetero) is 1. The van der Waals surface area contributed by atoms with Crippen molar-refractivity contribution in [3.63, 3.8) is 0 Å². The van der Waals surface area contributed by atoms with Crippen LogP contribution in [0.1, 0.15) is 28.4 Å². The molecule has 134 valence electrons. The van der Waals surface area contributed by atoms with Gasteiger partial charge in [-0.2, -0.15) is 0 Å². The van der Waals surface area contributed by atoms with Gasteiger partial charge in [-0.05, 0) is 56.7 Å². The predicted molar refractivity (Wildman–Crippen MR) is 102 cm³/mol. The zero-order valence-corrected chi connectivity index (χ0v) is 16.0. The standard InChI is InChI=1S/C20H20N2O3S/c1-12-5-6-13(2)17(11-12)18(23)14(3)26-20-22-21-19(25-20)15-7-9-16(24-4)10-8-15/h5-11,14H,1-4H3/t14-/m1/s1. The first-order chi connectivity index (χ1) is 12.5. The molecule has 0 amide bonds. The maximum atomic E-state index is 12.7. The molecule has 2 aromatic carbocycles. The second-order valence-corrected chi connectivity index (χ2v) is 7.34. The van der Waals surface area contributed by atoms with Gasteiger partial charge >= 0.3 is 0 Å². The monoisotopic (exact) mass is 368 g/mol. The molecule has 0 unspecified atom stereocenters. The highest BCUT2D eigenvalue weighted by Crippen LogP contribution is 2.29. The summed E-state index contributed by atoms with van der Waals surface area (Å²) in [6, 6.07) is 13.3. The molecule has 0 aliphatic carbocycles. The van der Waals surface area contributed by atoms with Crippen molar-refractivity contribution in [3.8, 4) is 17.2 Å². The molecular formula is C20H20N2O3S. The number of ketones is 1. The van der Waals surface area contributed by atoms with Gasteiger partial charge in [0.25, 0.3) is 5.22 Å². The first-order valence-electron chi connectivity index (χ1n) is 8.24. The number of hydrogen-bond donors (Lipinski definition) is 0. The maximum Gasteiger partial charge on any atom is 0.277 e. The summed E-state index contributed by atoms with van der Waals surface area (Å²) in [7, 11) is 1.62. The third-order valence-electron chi connectivity index (χ3n) is 4.05. The Hall–Kier alpha value is -2.60. The van der Waals surface area contributed by atoms with Crippen LogP contribution < -0.4 is 4.74 Å². The van der Waals surface area contributed by atoms with E-state index in [1.165, 1.54) is 11.8 Å². The van der Waals surface area contributed by atoms with Crippen LogP contribution in [-0.4, -0.2) is 28.3 Å². The Morgan fingerprint density at radius 2 is 1.85 bits per heavy atom. The Bertz CT molecular complexity index is 919. The summed E-state index contributed by atoms with van der Waals surface area (Å²) in [5.41, 5.74) is 3.58. The van der Waals surface area contributed by atoms with Crippen molar-refractivity contribution in [1.29, 1.82) is 0 Å². The minimum Gasteiger partial charge on any atom is -0.497 e. The average Bonchev–Trinajstić information content (AvgIpc) is 3.11. The van der Waals surface area contributed by atoms with Gasteiger partial charge in [0.05, 0.1) is 12.4 Å². The van der Waals surface area contributed by atoms with E-state index < -0.39 is 0 Å². The Kier molecular flexibility index (Phi) is 5.42. The van der Waals surface area contributed by atoms with Crippen molar-refractivity contribution in [1.82, 2.24) is 10.2 Å². The lowest BCUT2D eigenvalue weighted by Crippen LogP contribution is -2.15. The number of carbonyl (C=O) groups excluding carboxylic acids is 1. The number of ether oxygens (including phenoxy) is 1. The number of methoxy groups -OCH3 is 1. The minimum absolute atomic E-state index is 0.0559. The van der Waals surface area contributed by atoms with Crippen LogP contribution in [0.25, 0.3) is 11.5 Å². The topological polar surface area (TPSA) is 65.2 Å².